The largest absolute Gasteiger partial charge is 0.482 e. The van der Waals surface area contributed by atoms with E-state index in [1.54, 1.807) is 25.1 Å². The van der Waals surface area contributed by atoms with Crippen molar-refractivity contribution in [2.75, 3.05) is 26.6 Å². The van der Waals surface area contributed by atoms with Crippen molar-refractivity contribution in [1.82, 2.24) is 4.31 Å². The van der Waals surface area contributed by atoms with Crippen molar-refractivity contribution in [3.63, 3.8) is 0 Å². The van der Waals surface area contributed by atoms with E-state index in [2.05, 4.69) is 0 Å². The maximum atomic E-state index is 11.8. The van der Waals surface area contributed by atoms with Crippen molar-refractivity contribution >= 4 is 28.9 Å². The van der Waals surface area contributed by atoms with Crippen LogP contribution in [0.3, 0.4) is 0 Å². The minimum absolute atomic E-state index is 0.117. The van der Waals surface area contributed by atoms with Crippen molar-refractivity contribution in [2.45, 2.75) is 6.92 Å². The molecule has 0 atom stereocenters. The molecule has 0 aliphatic heterocycles. The number of benzene rings is 1. The SMILES string of the molecule is CCOC(=O)c1cc2cc(OCSN(C)C)ccc2oc1=O. The van der Waals surface area contributed by atoms with E-state index in [-0.39, 0.29) is 12.2 Å². The molecular formula is C15H17NO5S. The molecule has 0 N–H and O–H groups in total. The van der Waals surface area contributed by atoms with Gasteiger partial charge in [-0.1, -0.05) is 0 Å². The Bertz CT molecular complexity index is 725. The van der Waals surface area contributed by atoms with Gasteiger partial charge in [0, 0.05) is 5.39 Å². The first-order valence-electron chi connectivity index (χ1n) is 6.69. The highest BCUT2D eigenvalue weighted by atomic mass is 32.2. The minimum Gasteiger partial charge on any atom is -0.482 e. The van der Waals surface area contributed by atoms with Gasteiger partial charge in [0.25, 0.3) is 0 Å². The molecule has 118 valence electrons. The average Bonchev–Trinajstić information content (AvgIpc) is 2.46. The van der Waals surface area contributed by atoms with Crippen LogP contribution in [0.15, 0.2) is 33.5 Å². The third kappa shape index (κ3) is 4.02. The van der Waals surface area contributed by atoms with E-state index in [1.807, 2.05) is 18.4 Å². The molecule has 0 fully saturated rings. The number of hydrogen-bond donors (Lipinski definition) is 0. The molecule has 0 radical (unpaired) electrons. The maximum Gasteiger partial charge on any atom is 0.351 e. The Labute approximate surface area is 132 Å². The maximum absolute atomic E-state index is 11.8. The lowest BCUT2D eigenvalue weighted by atomic mass is 10.2. The van der Waals surface area contributed by atoms with Gasteiger partial charge in [-0.25, -0.2) is 9.59 Å². The fourth-order valence-corrected chi connectivity index (χ4v) is 2.14. The summed E-state index contributed by atoms with van der Waals surface area (Å²) in [5.74, 6) is 0.401. The standard InChI is InChI=1S/C15H17NO5S/c1-4-19-14(17)12-8-10-7-11(20-9-22-16(2)3)5-6-13(10)21-15(12)18/h5-8H,4,9H2,1-3H3. The van der Waals surface area contributed by atoms with Crippen LogP contribution < -0.4 is 10.4 Å². The molecular weight excluding hydrogens is 306 g/mol. The molecule has 0 unspecified atom stereocenters. The molecule has 1 aromatic heterocycles. The van der Waals surface area contributed by atoms with E-state index < -0.39 is 11.6 Å². The Balaban J connectivity index is 2.28. The molecule has 0 amide bonds. The van der Waals surface area contributed by atoms with Crippen molar-refractivity contribution in [3.05, 3.63) is 40.2 Å². The first-order valence-corrected chi connectivity index (χ1v) is 7.63. The van der Waals surface area contributed by atoms with Crippen LogP contribution in [0.1, 0.15) is 17.3 Å². The van der Waals surface area contributed by atoms with Gasteiger partial charge in [-0.2, -0.15) is 0 Å². The first kappa shape index (κ1) is 16.4. The van der Waals surface area contributed by atoms with E-state index in [9.17, 15) is 9.59 Å². The van der Waals surface area contributed by atoms with Gasteiger partial charge in [0.05, 0.1) is 6.61 Å². The van der Waals surface area contributed by atoms with E-state index in [1.165, 1.54) is 18.0 Å². The topological polar surface area (TPSA) is 69.0 Å². The Kier molecular flexibility index (Phi) is 5.46. The van der Waals surface area contributed by atoms with Crippen LogP contribution in [-0.4, -0.2) is 36.9 Å². The summed E-state index contributed by atoms with van der Waals surface area (Å²) in [4.78, 5) is 23.5. The highest BCUT2D eigenvalue weighted by Gasteiger charge is 2.15. The average molecular weight is 323 g/mol. The van der Waals surface area contributed by atoms with Crippen molar-refractivity contribution in [1.29, 1.82) is 0 Å². The van der Waals surface area contributed by atoms with Crippen LogP contribution >= 0.6 is 11.9 Å². The van der Waals surface area contributed by atoms with Gasteiger partial charge < -0.3 is 13.9 Å². The van der Waals surface area contributed by atoms with Gasteiger partial charge in [0.1, 0.15) is 22.8 Å². The molecule has 6 nitrogen and oxygen atoms in total. The van der Waals surface area contributed by atoms with Crippen LogP contribution in [0, 0.1) is 0 Å². The second-order valence-corrected chi connectivity index (χ2v) is 5.80. The summed E-state index contributed by atoms with van der Waals surface area (Å²) in [5.41, 5.74) is -0.428. The fourth-order valence-electron chi connectivity index (χ4n) is 1.74. The van der Waals surface area contributed by atoms with Crippen LogP contribution in [-0.2, 0) is 4.74 Å². The van der Waals surface area contributed by atoms with Gasteiger partial charge in [-0.15, -0.1) is 0 Å². The Morgan fingerprint density at radius 3 is 2.77 bits per heavy atom. The lowest BCUT2D eigenvalue weighted by molar-refractivity contribution is 0.0522. The first-order chi connectivity index (χ1) is 10.5. The molecule has 22 heavy (non-hydrogen) atoms. The van der Waals surface area contributed by atoms with Crippen molar-refractivity contribution in [3.8, 4) is 5.75 Å². The van der Waals surface area contributed by atoms with Gasteiger partial charge in [-0.05, 0) is 57.2 Å². The minimum atomic E-state index is -0.706. The summed E-state index contributed by atoms with van der Waals surface area (Å²) in [6.45, 7) is 1.87. The molecule has 0 aliphatic rings. The number of hydrogen-bond acceptors (Lipinski definition) is 7. The normalized spacial score (nSPS) is 10.9. The molecule has 0 saturated heterocycles. The number of carbonyl (C=O) groups is 1. The van der Waals surface area contributed by atoms with Crippen LogP contribution in [0.5, 0.6) is 5.75 Å². The monoisotopic (exact) mass is 323 g/mol. The molecule has 2 aromatic rings. The number of ether oxygens (including phenoxy) is 2. The van der Waals surface area contributed by atoms with Crippen LogP contribution in [0.2, 0.25) is 0 Å². The highest BCUT2D eigenvalue weighted by Crippen LogP contribution is 2.22. The molecule has 2 rings (SSSR count). The predicted octanol–water partition coefficient (Wildman–Crippen LogP) is 2.52. The summed E-state index contributed by atoms with van der Waals surface area (Å²) >= 11 is 1.51. The van der Waals surface area contributed by atoms with Gasteiger partial charge >= 0.3 is 11.6 Å². The van der Waals surface area contributed by atoms with Gasteiger partial charge in [0.15, 0.2) is 0 Å². The van der Waals surface area contributed by atoms with E-state index >= 15 is 0 Å². The van der Waals surface area contributed by atoms with Gasteiger partial charge in [-0.3, -0.25) is 4.31 Å². The molecule has 1 aromatic carbocycles. The highest BCUT2D eigenvalue weighted by molar-refractivity contribution is 7.96. The third-order valence-electron chi connectivity index (χ3n) is 2.74. The van der Waals surface area contributed by atoms with E-state index in [0.717, 1.165) is 0 Å². The van der Waals surface area contributed by atoms with E-state index in [0.29, 0.717) is 22.7 Å². The van der Waals surface area contributed by atoms with Crippen LogP contribution in [0.4, 0.5) is 0 Å². The van der Waals surface area contributed by atoms with Crippen molar-refractivity contribution < 1.29 is 18.7 Å². The summed E-state index contributed by atoms with van der Waals surface area (Å²) in [7, 11) is 3.85. The van der Waals surface area contributed by atoms with Crippen molar-refractivity contribution in [2.24, 2.45) is 0 Å². The van der Waals surface area contributed by atoms with Gasteiger partial charge in [0.2, 0.25) is 0 Å². The quantitative estimate of drug-likeness (QED) is 0.350. The summed E-state index contributed by atoms with van der Waals surface area (Å²) in [6.07, 6.45) is 0. The van der Waals surface area contributed by atoms with E-state index in [4.69, 9.17) is 13.9 Å². The zero-order chi connectivity index (χ0) is 16.1. The Morgan fingerprint density at radius 1 is 1.32 bits per heavy atom. The lowest BCUT2D eigenvalue weighted by Crippen LogP contribution is -2.16. The number of fused-ring (bicyclic) bond motifs is 1. The molecule has 0 saturated carbocycles. The second kappa shape index (κ2) is 7.33. The zero-order valence-corrected chi connectivity index (χ0v) is 13.4. The molecule has 0 aliphatic carbocycles. The Morgan fingerprint density at radius 2 is 2.09 bits per heavy atom. The lowest BCUT2D eigenvalue weighted by Gasteiger charge is -2.10. The Hall–Kier alpha value is -1.99. The molecule has 1 heterocycles. The number of rotatable bonds is 6. The second-order valence-electron chi connectivity index (χ2n) is 4.57. The molecule has 7 heteroatoms. The molecule has 0 bridgehead atoms. The number of esters is 1. The summed E-state index contributed by atoms with van der Waals surface area (Å²) < 4.78 is 17.5. The smallest absolute Gasteiger partial charge is 0.351 e. The zero-order valence-electron chi connectivity index (χ0n) is 12.6. The summed E-state index contributed by atoms with van der Waals surface area (Å²) in [6, 6.07) is 6.54. The summed E-state index contributed by atoms with van der Waals surface area (Å²) in [5, 5.41) is 0.606. The number of nitrogens with zero attached hydrogens (tertiary/aromatic N) is 1. The molecule has 0 spiro atoms. The van der Waals surface area contributed by atoms with Crippen LogP contribution in [0.25, 0.3) is 11.0 Å². The fraction of sp³-hybridized carbons (Fsp3) is 0.333. The third-order valence-corrected chi connectivity index (χ3v) is 3.48. The number of carbonyl (C=O) groups excluding carboxylic acids is 1. The predicted molar refractivity (Wildman–Crippen MR) is 85.2 cm³/mol.